The molecule has 1 rings (SSSR count). The highest BCUT2D eigenvalue weighted by molar-refractivity contribution is 14.1. The van der Waals surface area contributed by atoms with Crippen molar-refractivity contribution in [3.8, 4) is 0 Å². The number of carbonyl (C=O) groups is 1. The molecular formula is C9H8BrIO3. The van der Waals surface area contributed by atoms with Crippen LogP contribution in [0.1, 0.15) is 5.56 Å². The van der Waals surface area contributed by atoms with E-state index in [1.807, 2.05) is 12.1 Å². The number of aliphatic hydroxyl groups excluding tert-OH is 1. The predicted octanol–water partition coefficient (Wildman–Crippen LogP) is 2.04. The van der Waals surface area contributed by atoms with E-state index in [0.717, 1.165) is 13.6 Å². The molecular weight excluding hydrogens is 363 g/mol. The third-order valence-corrected chi connectivity index (χ3v) is 3.12. The van der Waals surface area contributed by atoms with Crippen molar-refractivity contribution in [3.63, 3.8) is 0 Å². The van der Waals surface area contributed by atoms with E-state index < -0.39 is 12.1 Å². The first-order valence-electron chi connectivity index (χ1n) is 3.85. The van der Waals surface area contributed by atoms with Crippen molar-refractivity contribution in [2.24, 2.45) is 0 Å². The van der Waals surface area contributed by atoms with Crippen LogP contribution in [0.5, 0.6) is 0 Å². The lowest BCUT2D eigenvalue weighted by atomic mass is 10.1. The van der Waals surface area contributed by atoms with Gasteiger partial charge in [-0.3, -0.25) is 0 Å². The Labute approximate surface area is 103 Å². The van der Waals surface area contributed by atoms with Crippen LogP contribution in [-0.2, 0) is 11.2 Å². The molecule has 0 aliphatic heterocycles. The van der Waals surface area contributed by atoms with Crippen LogP contribution in [0.2, 0.25) is 0 Å². The number of rotatable bonds is 3. The molecule has 14 heavy (non-hydrogen) atoms. The molecule has 5 heteroatoms. The molecule has 1 aromatic rings. The summed E-state index contributed by atoms with van der Waals surface area (Å²) in [5.41, 5.74) is 0.792. The minimum absolute atomic E-state index is 0.118. The van der Waals surface area contributed by atoms with Crippen molar-refractivity contribution < 1.29 is 15.0 Å². The highest BCUT2D eigenvalue weighted by Gasteiger charge is 2.15. The number of carboxylic acid groups (broad SMARTS) is 1. The smallest absolute Gasteiger partial charge is 0.332 e. The van der Waals surface area contributed by atoms with Gasteiger partial charge in [0.25, 0.3) is 0 Å². The molecule has 0 bridgehead atoms. The monoisotopic (exact) mass is 370 g/mol. The zero-order valence-corrected chi connectivity index (χ0v) is 10.8. The topological polar surface area (TPSA) is 57.5 Å². The minimum Gasteiger partial charge on any atom is -0.479 e. The lowest BCUT2D eigenvalue weighted by molar-refractivity contribution is -0.146. The SMILES string of the molecule is O=C(O)C(O)Cc1ccc(I)cc1Br. The molecule has 0 aliphatic rings. The Balaban J connectivity index is 2.82. The van der Waals surface area contributed by atoms with E-state index in [1.165, 1.54) is 0 Å². The summed E-state index contributed by atoms with van der Waals surface area (Å²) in [7, 11) is 0. The molecule has 0 aliphatic carbocycles. The summed E-state index contributed by atoms with van der Waals surface area (Å²) in [6.07, 6.45) is -1.22. The number of hydrogen-bond acceptors (Lipinski definition) is 2. The molecule has 3 nitrogen and oxygen atoms in total. The maximum atomic E-state index is 10.4. The Bertz CT molecular complexity index is 354. The minimum atomic E-state index is -1.34. The Morgan fingerprint density at radius 2 is 2.21 bits per heavy atom. The number of benzene rings is 1. The first-order valence-corrected chi connectivity index (χ1v) is 5.72. The summed E-state index contributed by atoms with van der Waals surface area (Å²) >= 11 is 5.48. The molecule has 0 heterocycles. The van der Waals surface area contributed by atoms with E-state index in [1.54, 1.807) is 6.07 Å². The van der Waals surface area contributed by atoms with Gasteiger partial charge in [-0.1, -0.05) is 22.0 Å². The molecule has 1 aromatic carbocycles. The molecule has 0 spiro atoms. The zero-order chi connectivity index (χ0) is 10.7. The average molecular weight is 371 g/mol. The predicted molar refractivity (Wildman–Crippen MR) is 64.2 cm³/mol. The second-order valence-electron chi connectivity index (χ2n) is 2.79. The normalized spacial score (nSPS) is 12.5. The van der Waals surface area contributed by atoms with Crippen LogP contribution in [0.25, 0.3) is 0 Å². The van der Waals surface area contributed by atoms with Gasteiger partial charge in [-0.15, -0.1) is 0 Å². The van der Waals surface area contributed by atoms with E-state index in [0.29, 0.717) is 0 Å². The molecule has 1 atom stereocenters. The van der Waals surface area contributed by atoms with Crippen LogP contribution in [0.3, 0.4) is 0 Å². The van der Waals surface area contributed by atoms with Crippen molar-refractivity contribution in [2.75, 3.05) is 0 Å². The lowest BCUT2D eigenvalue weighted by Crippen LogP contribution is -2.22. The standard InChI is InChI=1S/C9H8BrIO3/c10-7-4-6(11)2-1-5(7)3-8(12)9(13)14/h1-2,4,8,12H,3H2,(H,13,14). The number of aliphatic hydroxyl groups is 1. The van der Waals surface area contributed by atoms with Crippen LogP contribution >= 0.6 is 38.5 Å². The van der Waals surface area contributed by atoms with E-state index in [4.69, 9.17) is 10.2 Å². The second kappa shape index (κ2) is 5.09. The molecule has 0 saturated carbocycles. The van der Waals surface area contributed by atoms with E-state index in [-0.39, 0.29) is 6.42 Å². The second-order valence-corrected chi connectivity index (χ2v) is 4.89. The average Bonchev–Trinajstić information content (AvgIpc) is 2.09. The van der Waals surface area contributed by atoms with E-state index in [2.05, 4.69) is 38.5 Å². The van der Waals surface area contributed by atoms with Gasteiger partial charge in [0.2, 0.25) is 0 Å². The lowest BCUT2D eigenvalue weighted by Gasteiger charge is -2.07. The van der Waals surface area contributed by atoms with Gasteiger partial charge >= 0.3 is 5.97 Å². The maximum absolute atomic E-state index is 10.4. The fraction of sp³-hybridized carbons (Fsp3) is 0.222. The van der Waals surface area contributed by atoms with Gasteiger partial charge in [0.15, 0.2) is 6.10 Å². The van der Waals surface area contributed by atoms with Crippen molar-refractivity contribution in [3.05, 3.63) is 31.8 Å². The Morgan fingerprint density at radius 1 is 1.57 bits per heavy atom. The quantitative estimate of drug-likeness (QED) is 0.800. The largest absolute Gasteiger partial charge is 0.479 e. The summed E-state index contributed by atoms with van der Waals surface area (Å²) in [6, 6.07) is 5.55. The van der Waals surface area contributed by atoms with Gasteiger partial charge in [-0.25, -0.2) is 4.79 Å². The Kier molecular flexibility index (Phi) is 4.33. The molecule has 0 fully saturated rings. The Morgan fingerprint density at radius 3 is 2.71 bits per heavy atom. The number of aliphatic carboxylic acids is 1. The number of halogens is 2. The van der Waals surface area contributed by atoms with Gasteiger partial charge in [0.1, 0.15) is 0 Å². The zero-order valence-electron chi connectivity index (χ0n) is 7.08. The van der Waals surface area contributed by atoms with Crippen LogP contribution in [0, 0.1) is 3.57 Å². The summed E-state index contributed by atoms with van der Waals surface area (Å²) in [5.74, 6) is -1.20. The van der Waals surface area contributed by atoms with E-state index >= 15 is 0 Å². The first kappa shape index (κ1) is 11.9. The molecule has 0 saturated heterocycles. The van der Waals surface area contributed by atoms with Crippen LogP contribution < -0.4 is 0 Å². The number of hydrogen-bond donors (Lipinski definition) is 2. The third kappa shape index (κ3) is 3.21. The molecule has 76 valence electrons. The molecule has 0 amide bonds. The van der Waals surface area contributed by atoms with Crippen molar-refractivity contribution in [1.82, 2.24) is 0 Å². The number of carboxylic acids is 1. The van der Waals surface area contributed by atoms with Gasteiger partial charge in [0, 0.05) is 14.5 Å². The molecule has 0 radical (unpaired) electrons. The van der Waals surface area contributed by atoms with Crippen LogP contribution in [-0.4, -0.2) is 22.3 Å². The van der Waals surface area contributed by atoms with Crippen molar-refractivity contribution >= 4 is 44.5 Å². The fourth-order valence-electron chi connectivity index (χ4n) is 0.983. The summed E-state index contributed by atoms with van der Waals surface area (Å²) in [5, 5.41) is 17.7. The van der Waals surface area contributed by atoms with Gasteiger partial charge in [0.05, 0.1) is 0 Å². The Hall–Kier alpha value is -0.140. The summed E-state index contributed by atoms with van der Waals surface area (Å²) in [6.45, 7) is 0. The van der Waals surface area contributed by atoms with Gasteiger partial charge < -0.3 is 10.2 Å². The highest BCUT2D eigenvalue weighted by atomic mass is 127. The molecule has 0 aromatic heterocycles. The third-order valence-electron chi connectivity index (χ3n) is 1.71. The molecule has 1 unspecified atom stereocenters. The van der Waals surface area contributed by atoms with Crippen molar-refractivity contribution in [1.29, 1.82) is 0 Å². The van der Waals surface area contributed by atoms with Gasteiger partial charge in [-0.05, 0) is 40.3 Å². The van der Waals surface area contributed by atoms with Crippen LogP contribution in [0.15, 0.2) is 22.7 Å². The maximum Gasteiger partial charge on any atom is 0.332 e. The van der Waals surface area contributed by atoms with E-state index in [9.17, 15) is 4.79 Å². The summed E-state index contributed by atoms with van der Waals surface area (Å²) in [4.78, 5) is 10.4. The highest BCUT2D eigenvalue weighted by Crippen LogP contribution is 2.21. The van der Waals surface area contributed by atoms with Gasteiger partial charge in [-0.2, -0.15) is 0 Å². The summed E-state index contributed by atoms with van der Waals surface area (Å²) < 4.78 is 1.88. The van der Waals surface area contributed by atoms with Crippen molar-refractivity contribution in [2.45, 2.75) is 12.5 Å². The first-order chi connectivity index (χ1) is 6.50. The van der Waals surface area contributed by atoms with Crippen LogP contribution in [0.4, 0.5) is 0 Å². The molecule has 2 N–H and O–H groups in total. The fourth-order valence-corrected chi connectivity index (χ4v) is 2.44.